The molecule has 0 bridgehead atoms. The van der Waals surface area contributed by atoms with Crippen LogP contribution in [0.15, 0.2) is 0 Å². The summed E-state index contributed by atoms with van der Waals surface area (Å²) in [5, 5.41) is 51.6. The van der Waals surface area contributed by atoms with E-state index >= 15 is 0 Å². The summed E-state index contributed by atoms with van der Waals surface area (Å²) in [5.41, 5.74) is -1.46. The number of aliphatic hydroxyl groups excluding tert-OH is 4. The van der Waals surface area contributed by atoms with Gasteiger partial charge in [0.25, 0.3) is 0 Å². The van der Waals surface area contributed by atoms with E-state index in [1.54, 1.807) is 69.2 Å². The molecule has 7 heteroatoms. The van der Waals surface area contributed by atoms with Gasteiger partial charge in [0.1, 0.15) is 0 Å². The van der Waals surface area contributed by atoms with Crippen molar-refractivity contribution in [2.24, 2.45) is 0 Å². The van der Waals surface area contributed by atoms with Gasteiger partial charge in [-0.25, -0.2) is 0 Å². The number of hydrogen-bond donors (Lipinski definition) is 6. The molecule has 0 aliphatic heterocycles. The molecule has 0 amide bonds. The molecule has 0 aliphatic rings. The fraction of sp³-hybridized carbons (Fsp3) is 1.00. The molecule has 0 saturated heterocycles. The van der Waals surface area contributed by atoms with E-state index in [0.29, 0.717) is 12.8 Å². The Hall–Kier alpha value is 0.474. The van der Waals surface area contributed by atoms with Crippen LogP contribution in [0.4, 0.5) is 0 Å². The molecule has 0 fully saturated rings. The first kappa shape index (κ1) is 36.4. The molecule has 25 heavy (non-hydrogen) atoms. The van der Waals surface area contributed by atoms with Gasteiger partial charge in [-0.2, -0.15) is 0 Å². The van der Waals surface area contributed by atoms with E-state index in [1.165, 1.54) is 0 Å². The van der Waals surface area contributed by atoms with Crippen LogP contribution < -0.4 is 0 Å². The van der Waals surface area contributed by atoms with Gasteiger partial charge in [0.2, 0.25) is 0 Å². The largest absolute Gasteiger partial charge is 0.394 e. The molecule has 6 nitrogen and oxygen atoms in total. The van der Waals surface area contributed by atoms with Crippen molar-refractivity contribution in [2.75, 3.05) is 0 Å². The van der Waals surface area contributed by atoms with Gasteiger partial charge in [0.15, 0.2) is 0 Å². The average molecular weight is 404 g/mol. The Bertz CT molecular complexity index is 211. The molecule has 0 saturated carbocycles. The number of rotatable bonds is 4. The summed E-state index contributed by atoms with van der Waals surface area (Å²) in [6.07, 6.45) is -0.273. The maximum absolute atomic E-state index is 9.03. The Morgan fingerprint density at radius 2 is 0.680 bits per heavy atom. The maximum atomic E-state index is 9.03. The Morgan fingerprint density at radius 1 is 0.560 bits per heavy atom. The average Bonchev–Trinajstić information content (AvgIpc) is 2.05. The first-order chi connectivity index (χ1) is 10.3. The van der Waals surface area contributed by atoms with Gasteiger partial charge in [-0.05, 0) is 69.2 Å². The first-order valence-electron chi connectivity index (χ1n) is 8.47. The van der Waals surface area contributed by atoms with Crippen LogP contribution in [0.25, 0.3) is 0 Å². The smallest absolute Gasteiger partial charge is 0.0616 e. The predicted octanol–water partition coefficient (Wildman–Crippen LogP) is 1.83. The quantitative estimate of drug-likeness (QED) is 0.398. The molecule has 0 spiro atoms. The second-order valence-electron chi connectivity index (χ2n) is 7.92. The molecule has 2 unspecified atom stereocenters. The minimum atomic E-state index is -0.728. The van der Waals surface area contributed by atoms with Gasteiger partial charge in [0, 0.05) is 46.8 Å². The molecule has 0 aromatic heterocycles. The van der Waals surface area contributed by atoms with Gasteiger partial charge < -0.3 is 30.6 Å². The molecule has 156 valence electrons. The maximum Gasteiger partial charge on any atom is 0.0616 e. The second-order valence-corrected chi connectivity index (χ2v) is 7.92. The Kier molecular flexibility index (Phi) is 28.0. The molecule has 0 rings (SSSR count). The van der Waals surface area contributed by atoms with Crippen molar-refractivity contribution in [1.82, 2.24) is 0 Å². The van der Waals surface area contributed by atoms with E-state index in [4.69, 9.17) is 30.6 Å². The molecule has 0 aliphatic carbocycles. The van der Waals surface area contributed by atoms with Gasteiger partial charge in [-0.15, -0.1) is 0 Å². The molecule has 6 N–H and O–H groups in total. The second kappa shape index (κ2) is 19.2. The molecular formula is C18H44O6Ti. The normalized spacial score (nSPS) is 13.2. The van der Waals surface area contributed by atoms with E-state index in [0.717, 1.165) is 0 Å². The zero-order valence-electron chi connectivity index (χ0n) is 17.9. The third-order valence-electron chi connectivity index (χ3n) is 1.59. The summed E-state index contributed by atoms with van der Waals surface area (Å²) < 4.78 is 0. The van der Waals surface area contributed by atoms with Crippen molar-refractivity contribution in [1.29, 1.82) is 0 Å². The van der Waals surface area contributed by atoms with Crippen molar-refractivity contribution in [3.63, 3.8) is 0 Å². The van der Waals surface area contributed by atoms with Gasteiger partial charge in [-0.1, -0.05) is 0 Å². The fourth-order valence-corrected chi connectivity index (χ4v) is 1.45. The topological polar surface area (TPSA) is 121 Å². The summed E-state index contributed by atoms with van der Waals surface area (Å²) in [7, 11) is 0. The SMILES string of the molecule is CC(C)O.CC(C)O.CC(O)CC(C)(C)O.CC(O)CC(C)(C)O.[Ti]. The Morgan fingerprint density at radius 3 is 0.680 bits per heavy atom. The third kappa shape index (κ3) is 113. The monoisotopic (exact) mass is 404 g/mol. The first-order valence-corrected chi connectivity index (χ1v) is 8.47. The van der Waals surface area contributed by atoms with Crippen molar-refractivity contribution in [3.05, 3.63) is 0 Å². The van der Waals surface area contributed by atoms with Crippen LogP contribution >= 0.6 is 0 Å². The van der Waals surface area contributed by atoms with Crippen molar-refractivity contribution >= 4 is 0 Å². The summed E-state index contributed by atoms with van der Waals surface area (Å²) >= 11 is 0. The summed E-state index contributed by atoms with van der Waals surface area (Å²) in [4.78, 5) is 0. The van der Waals surface area contributed by atoms with E-state index < -0.39 is 23.4 Å². The Balaban J connectivity index is -0.0000000739. The minimum absolute atomic E-state index is 0. The van der Waals surface area contributed by atoms with E-state index in [9.17, 15) is 0 Å². The zero-order valence-corrected chi connectivity index (χ0v) is 19.5. The summed E-state index contributed by atoms with van der Waals surface area (Å²) in [6.45, 7) is 16.9. The number of aliphatic hydroxyl groups is 6. The van der Waals surface area contributed by atoms with Crippen molar-refractivity contribution in [2.45, 2.75) is 118 Å². The van der Waals surface area contributed by atoms with Gasteiger partial charge in [0.05, 0.1) is 23.4 Å². The molecule has 0 aromatic carbocycles. The van der Waals surface area contributed by atoms with Gasteiger partial charge >= 0.3 is 0 Å². The van der Waals surface area contributed by atoms with Crippen molar-refractivity contribution in [3.8, 4) is 0 Å². The standard InChI is InChI=1S/2C6H14O2.2C3H8O.Ti/c2*1-5(7)4-6(2,3)8;2*1-3(2)4;/h2*5,7-8H,4H2,1-3H3;2*3-4H,1-2H3;. The van der Waals surface area contributed by atoms with Crippen LogP contribution in [-0.4, -0.2) is 66.3 Å². The number of hydrogen-bond acceptors (Lipinski definition) is 6. The van der Waals surface area contributed by atoms with Crippen LogP contribution in [-0.2, 0) is 21.7 Å². The minimum Gasteiger partial charge on any atom is -0.394 e. The molecule has 0 aromatic rings. The van der Waals surface area contributed by atoms with Crippen LogP contribution in [0.5, 0.6) is 0 Å². The van der Waals surface area contributed by atoms with Crippen LogP contribution in [0.2, 0.25) is 0 Å². The van der Waals surface area contributed by atoms with Crippen LogP contribution in [0.1, 0.15) is 82.1 Å². The summed E-state index contributed by atoms with van der Waals surface area (Å²) in [6, 6.07) is 0. The summed E-state index contributed by atoms with van der Waals surface area (Å²) in [5.74, 6) is 0. The molecular weight excluding hydrogens is 360 g/mol. The predicted molar refractivity (Wildman–Crippen MR) is 99.9 cm³/mol. The van der Waals surface area contributed by atoms with Crippen LogP contribution in [0, 0.1) is 0 Å². The van der Waals surface area contributed by atoms with E-state index in [-0.39, 0.29) is 33.9 Å². The van der Waals surface area contributed by atoms with E-state index in [2.05, 4.69) is 0 Å². The van der Waals surface area contributed by atoms with E-state index in [1.807, 2.05) is 0 Å². The molecule has 0 radical (unpaired) electrons. The van der Waals surface area contributed by atoms with Crippen LogP contribution in [0.3, 0.4) is 0 Å². The Labute approximate surface area is 170 Å². The fourth-order valence-electron chi connectivity index (χ4n) is 1.45. The zero-order chi connectivity index (χ0) is 20.7. The third-order valence-corrected chi connectivity index (χ3v) is 1.59. The van der Waals surface area contributed by atoms with Gasteiger partial charge in [-0.3, -0.25) is 0 Å². The molecule has 0 heterocycles. The molecule has 2 atom stereocenters. The van der Waals surface area contributed by atoms with Crippen molar-refractivity contribution < 1.29 is 52.4 Å².